The van der Waals surface area contributed by atoms with E-state index in [2.05, 4.69) is 20.9 Å². The lowest BCUT2D eigenvalue weighted by Gasteiger charge is -2.25. The molecule has 0 spiro atoms. The summed E-state index contributed by atoms with van der Waals surface area (Å²) in [5.74, 6) is -5.79. The number of fused-ring (bicyclic) bond motifs is 1. The molecule has 0 saturated heterocycles. The molecule has 0 radical (unpaired) electrons. The Kier molecular flexibility index (Phi) is 12.0. The number of benzene rings is 2. The number of H-pyrrole nitrogens is 1. The van der Waals surface area contributed by atoms with E-state index in [0.717, 1.165) is 16.5 Å². The van der Waals surface area contributed by atoms with Crippen LogP contribution in [-0.2, 0) is 41.6 Å². The van der Waals surface area contributed by atoms with E-state index in [1.165, 1.54) is 0 Å². The molecule has 4 atom stereocenters. The first-order valence-electron chi connectivity index (χ1n) is 13.9. The SMILES string of the molecule is NC(=O)CCC(NC(=O)C(N)Cc1c[nH]c2ccccc12)C(=O)NC(Cc1ccccc1)C(=O)NC(CCC(=O)O)C(=O)O. The Morgan fingerprint density at radius 1 is 0.727 bits per heavy atom. The van der Waals surface area contributed by atoms with E-state index in [1.54, 1.807) is 36.5 Å². The number of aromatic nitrogens is 1. The van der Waals surface area contributed by atoms with E-state index >= 15 is 0 Å². The lowest BCUT2D eigenvalue weighted by Crippen LogP contribution is -2.58. The first-order chi connectivity index (χ1) is 20.9. The van der Waals surface area contributed by atoms with Crippen LogP contribution in [0.5, 0.6) is 0 Å². The Morgan fingerprint density at radius 3 is 1.98 bits per heavy atom. The summed E-state index contributed by atoms with van der Waals surface area (Å²) >= 11 is 0. The zero-order valence-electron chi connectivity index (χ0n) is 23.8. The fraction of sp³-hybridized carbons (Fsp3) is 0.333. The largest absolute Gasteiger partial charge is 0.481 e. The van der Waals surface area contributed by atoms with E-state index in [0.29, 0.717) is 5.56 Å². The van der Waals surface area contributed by atoms with Crippen molar-refractivity contribution in [1.29, 1.82) is 0 Å². The summed E-state index contributed by atoms with van der Waals surface area (Å²) in [6.45, 7) is 0. The molecule has 3 aromatic rings. The lowest BCUT2D eigenvalue weighted by molar-refractivity contribution is -0.143. The second-order valence-corrected chi connectivity index (χ2v) is 10.3. The van der Waals surface area contributed by atoms with Crippen molar-refractivity contribution in [3.63, 3.8) is 0 Å². The number of nitrogens with two attached hydrogens (primary N) is 2. The second-order valence-electron chi connectivity index (χ2n) is 10.3. The van der Waals surface area contributed by atoms with Gasteiger partial charge in [0.05, 0.1) is 6.04 Å². The number of carboxylic acids is 2. The standard InChI is InChI=1S/C30H36N6O8/c31-20(15-18-16-33-21-9-5-4-8-19(18)21)27(40)34-22(10-12-25(32)37)28(41)36-24(14-17-6-2-1-3-7-17)29(42)35-23(30(43)44)11-13-26(38)39/h1-9,16,20,22-24,33H,10-15,31H2,(H2,32,37)(H,34,40)(H,35,42)(H,36,41)(H,38,39)(H,43,44). The molecule has 0 bridgehead atoms. The number of carboxylic acid groups (broad SMARTS) is 2. The van der Waals surface area contributed by atoms with E-state index in [4.69, 9.17) is 16.6 Å². The molecule has 44 heavy (non-hydrogen) atoms. The fourth-order valence-electron chi connectivity index (χ4n) is 4.59. The van der Waals surface area contributed by atoms with Crippen molar-refractivity contribution in [3.05, 3.63) is 71.9 Å². The van der Waals surface area contributed by atoms with E-state index in [1.807, 2.05) is 24.3 Å². The first kappa shape index (κ1) is 33.3. The van der Waals surface area contributed by atoms with Crippen LogP contribution in [0.15, 0.2) is 60.8 Å². The first-order valence-corrected chi connectivity index (χ1v) is 13.9. The van der Waals surface area contributed by atoms with Crippen molar-refractivity contribution in [2.45, 2.75) is 62.7 Å². The van der Waals surface area contributed by atoms with E-state index < -0.39 is 66.2 Å². The highest BCUT2D eigenvalue weighted by atomic mass is 16.4. The van der Waals surface area contributed by atoms with Gasteiger partial charge >= 0.3 is 11.9 Å². The van der Waals surface area contributed by atoms with Gasteiger partial charge in [0, 0.05) is 36.4 Å². The molecule has 0 aliphatic rings. The fourth-order valence-corrected chi connectivity index (χ4v) is 4.59. The molecule has 234 valence electrons. The van der Waals surface area contributed by atoms with Crippen molar-refractivity contribution in [2.24, 2.45) is 11.5 Å². The second kappa shape index (κ2) is 15.8. The highest BCUT2D eigenvalue weighted by Gasteiger charge is 2.31. The smallest absolute Gasteiger partial charge is 0.326 e. The van der Waals surface area contributed by atoms with Gasteiger partial charge < -0.3 is 42.6 Å². The van der Waals surface area contributed by atoms with Gasteiger partial charge in [-0.15, -0.1) is 0 Å². The molecule has 2 aromatic carbocycles. The quantitative estimate of drug-likeness (QED) is 0.102. The molecule has 4 unspecified atom stereocenters. The van der Waals surface area contributed by atoms with Crippen LogP contribution in [0, 0.1) is 0 Å². The van der Waals surface area contributed by atoms with Crippen LogP contribution in [0.4, 0.5) is 0 Å². The summed E-state index contributed by atoms with van der Waals surface area (Å²) in [4.78, 5) is 77.0. The Hall–Kier alpha value is -5.24. The predicted molar refractivity (Wildman–Crippen MR) is 159 cm³/mol. The molecular formula is C30H36N6O8. The molecule has 10 N–H and O–H groups in total. The Labute approximate surface area is 252 Å². The zero-order chi connectivity index (χ0) is 32.2. The van der Waals surface area contributed by atoms with Crippen LogP contribution in [0.1, 0.15) is 36.8 Å². The summed E-state index contributed by atoms with van der Waals surface area (Å²) in [5, 5.41) is 26.7. The van der Waals surface area contributed by atoms with Crippen molar-refractivity contribution in [2.75, 3.05) is 0 Å². The predicted octanol–water partition coefficient (Wildman–Crippen LogP) is -0.0503. The number of primary amides is 1. The number of rotatable bonds is 17. The minimum Gasteiger partial charge on any atom is -0.481 e. The van der Waals surface area contributed by atoms with Gasteiger partial charge in [0.25, 0.3) is 0 Å². The van der Waals surface area contributed by atoms with E-state index in [9.17, 15) is 33.9 Å². The third-order valence-corrected chi connectivity index (χ3v) is 6.94. The lowest BCUT2D eigenvalue weighted by atomic mass is 10.0. The molecule has 14 heteroatoms. The third-order valence-electron chi connectivity index (χ3n) is 6.94. The average Bonchev–Trinajstić information content (AvgIpc) is 3.39. The van der Waals surface area contributed by atoms with Crippen molar-refractivity contribution in [3.8, 4) is 0 Å². The maximum atomic E-state index is 13.4. The van der Waals surface area contributed by atoms with Gasteiger partial charge in [-0.3, -0.25) is 24.0 Å². The summed E-state index contributed by atoms with van der Waals surface area (Å²) < 4.78 is 0. The molecular weight excluding hydrogens is 572 g/mol. The number of amides is 4. The summed E-state index contributed by atoms with van der Waals surface area (Å²) in [7, 11) is 0. The molecule has 0 aliphatic carbocycles. The zero-order valence-corrected chi connectivity index (χ0v) is 23.8. The van der Waals surface area contributed by atoms with E-state index in [-0.39, 0.29) is 32.1 Å². The van der Waals surface area contributed by atoms with Gasteiger partial charge in [0.2, 0.25) is 23.6 Å². The van der Waals surface area contributed by atoms with Crippen LogP contribution in [0.2, 0.25) is 0 Å². The third kappa shape index (κ3) is 9.94. The van der Waals surface area contributed by atoms with Crippen LogP contribution >= 0.6 is 0 Å². The average molecular weight is 609 g/mol. The Morgan fingerprint density at radius 2 is 1.32 bits per heavy atom. The van der Waals surface area contributed by atoms with Gasteiger partial charge in [-0.2, -0.15) is 0 Å². The van der Waals surface area contributed by atoms with Crippen LogP contribution in [0.3, 0.4) is 0 Å². The van der Waals surface area contributed by atoms with Crippen molar-refractivity contribution in [1.82, 2.24) is 20.9 Å². The normalized spacial score (nSPS) is 13.7. The monoisotopic (exact) mass is 608 g/mol. The van der Waals surface area contributed by atoms with Gasteiger partial charge in [-0.05, 0) is 36.5 Å². The van der Waals surface area contributed by atoms with Gasteiger partial charge in [0.15, 0.2) is 0 Å². The minimum absolute atomic E-state index is 0.0553. The Bertz CT molecular complexity index is 1490. The number of hydrogen-bond acceptors (Lipinski definition) is 7. The van der Waals surface area contributed by atoms with Crippen LogP contribution < -0.4 is 27.4 Å². The number of aromatic amines is 1. The van der Waals surface area contributed by atoms with Gasteiger partial charge in [0.1, 0.15) is 18.1 Å². The summed E-state index contributed by atoms with van der Waals surface area (Å²) in [6, 6.07) is 10.8. The maximum Gasteiger partial charge on any atom is 0.326 e. The molecule has 14 nitrogen and oxygen atoms in total. The minimum atomic E-state index is -1.53. The van der Waals surface area contributed by atoms with Crippen LogP contribution in [-0.4, -0.2) is 74.9 Å². The molecule has 3 rings (SSSR count). The summed E-state index contributed by atoms with van der Waals surface area (Å²) in [5.41, 5.74) is 13.7. The number of nitrogens with one attached hydrogen (secondary N) is 4. The molecule has 0 saturated carbocycles. The topological polar surface area (TPSA) is 247 Å². The number of carbonyl (C=O) groups excluding carboxylic acids is 4. The number of para-hydroxylation sites is 1. The van der Waals surface area contributed by atoms with Gasteiger partial charge in [-0.25, -0.2) is 4.79 Å². The van der Waals surface area contributed by atoms with Gasteiger partial charge in [-0.1, -0.05) is 48.5 Å². The molecule has 0 aliphatic heterocycles. The maximum absolute atomic E-state index is 13.4. The number of hydrogen-bond donors (Lipinski definition) is 8. The highest BCUT2D eigenvalue weighted by molar-refractivity contribution is 5.95. The van der Waals surface area contributed by atoms with Crippen molar-refractivity contribution < 1.29 is 39.0 Å². The molecule has 1 aromatic heterocycles. The Balaban J connectivity index is 1.77. The number of aliphatic carboxylic acids is 2. The number of carbonyl (C=O) groups is 6. The van der Waals surface area contributed by atoms with Crippen molar-refractivity contribution >= 4 is 46.5 Å². The highest BCUT2D eigenvalue weighted by Crippen LogP contribution is 2.19. The molecule has 0 fully saturated rings. The summed E-state index contributed by atoms with van der Waals surface area (Å²) in [6.07, 6.45) is 0.487. The molecule has 1 heterocycles. The molecule has 4 amide bonds. The van der Waals surface area contributed by atoms with Crippen LogP contribution in [0.25, 0.3) is 10.9 Å².